The molecule has 3 amide bonds. The number of nitrogens with one attached hydrogen (secondary N) is 2. The Hall–Kier alpha value is -5.19. The molecule has 0 saturated heterocycles. The summed E-state index contributed by atoms with van der Waals surface area (Å²) >= 11 is 0. The molecule has 50 heavy (non-hydrogen) atoms. The molecule has 1 aliphatic heterocycles. The lowest BCUT2D eigenvalue weighted by Gasteiger charge is -2.28. The molecule has 3 aromatic carbocycles. The van der Waals surface area contributed by atoms with Crippen LogP contribution in [0, 0.1) is 5.92 Å². The van der Waals surface area contributed by atoms with Crippen molar-refractivity contribution >= 4 is 35.5 Å². The Kier molecular flexibility index (Phi) is 10.9. The predicted molar refractivity (Wildman–Crippen MR) is 188 cm³/mol. The molecule has 3 N–H and O–H groups in total. The molecule has 0 radical (unpaired) electrons. The molecular weight excluding hydrogens is 638 g/mol. The first kappa shape index (κ1) is 36.1. The fraction of sp³-hybridized carbons (Fsp3) is 0.410. The third kappa shape index (κ3) is 8.15. The number of rotatable bonds is 12. The van der Waals surface area contributed by atoms with Crippen LogP contribution in [-0.2, 0) is 35.1 Å². The first-order valence-corrected chi connectivity index (χ1v) is 17.0. The molecule has 1 aliphatic carbocycles. The molecule has 2 aliphatic rings. The molecule has 1 heterocycles. The average Bonchev–Trinajstić information content (AvgIpc) is 3.61. The van der Waals surface area contributed by atoms with Crippen molar-refractivity contribution in [3.63, 3.8) is 0 Å². The minimum Gasteiger partial charge on any atom is -0.480 e. The molecule has 0 fully saturated rings. The molecule has 0 spiro atoms. The molecular formula is C39H45N3O8. The second-order valence-electron chi connectivity index (χ2n) is 14.1. The van der Waals surface area contributed by atoms with Gasteiger partial charge in [0, 0.05) is 18.8 Å². The summed E-state index contributed by atoms with van der Waals surface area (Å²) in [4.78, 5) is 67.0. The minimum atomic E-state index is -1.21. The maximum atomic E-state index is 14.0. The second-order valence-corrected chi connectivity index (χ2v) is 14.1. The highest BCUT2D eigenvalue weighted by Crippen LogP contribution is 2.44. The highest BCUT2D eigenvalue weighted by Gasteiger charge is 2.41. The smallest absolute Gasteiger partial charge is 0.415 e. The number of fused-ring (bicyclic) bond motifs is 4. The van der Waals surface area contributed by atoms with E-state index in [4.69, 9.17) is 9.47 Å². The van der Waals surface area contributed by atoms with Gasteiger partial charge in [0.1, 0.15) is 30.3 Å². The number of anilines is 1. The number of hydrogen-bond acceptors (Lipinski definition) is 7. The molecule has 3 atom stereocenters. The van der Waals surface area contributed by atoms with E-state index in [-0.39, 0.29) is 38.2 Å². The highest BCUT2D eigenvalue weighted by atomic mass is 16.6. The van der Waals surface area contributed by atoms with Gasteiger partial charge in [0.15, 0.2) is 0 Å². The first-order chi connectivity index (χ1) is 23.7. The normalized spacial score (nSPS) is 16.1. The lowest BCUT2D eigenvalue weighted by molar-refractivity contribution is -0.155. The molecule has 11 nitrogen and oxygen atoms in total. The highest BCUT2D eigenvalue weighted by molar-refractivity contribution is 6.02. The maximum Gasteiger partial charge on any atom is 0.415 e. The largest absolute Gasteiger partial charge is 0.480 e. The summed E-state index contributed by atoms with van der Waals surface area (Å²) < 4.78 is 11.3. The van der Waals surface area contributed by atoms with E-state index in [1.165, 1.54) is 4.90 Å². The lowest BCUT2D eigenvalue weighted by atomic mass is 9.98. The van der Waals surface area contributed by atoms with Crippen LogP contribution in [-0.4, -0.2) is 65.3 Å². The monoisotopic (exact) mass is 683 g/mol. The van der Waals surface area contributed by atoms with Crippen LogP contribution in [0.25, 0.3) is 11.1 Å². The number of para-hydroxylation sites is 1. The van der Waals surface area contributed by atoms with Crippen molar-refractivity contribution in [2.45, 2.75) is 89.9 Å². The van der Waals surface area contributed by atoms with Gasteiger partial charge in [-0.3, -0.25) is 19.3 Å². The lowest BCUT2D eigenvalue weighted by Crippen LogP contribution is -2.56. The van der Waals surface area contributed by atoms with Gasteiger partial charge >= 0.3 is 18.0 Å². The molecule has 0 unspecified atom stereocenters. The number of esters is 1. The van der Waals surface area contributed by atoms with E-state index in [0.717, 1.165) is 27.8 Å². The number of aliphatic carboxylic acids is 1. The Bertz CT molecular complexity index is 1720. The summed E-state index contributed by atoms with van der Waals surface area (Å²) in [6.45, 7) is 8.64. The van der Waals surface area contributed by atoms with E-state index in [1.807, 2.05) is 60.7 Å². The van der Waals surface area contributed by atoms with Crippen LogP contribution in [0.3, 0.4) is 0 Å². The van der Waals surface area contributed by atoms with Gasteiger partial charge < -0.3 is 25.2 Å². The van der Waals surface area contributed by atoms with Crippen molar-refractivity contribution < 1.29 is 38.6 Å². The van der Waals surface area contributed by atoms with Crippen molar-refractivity contribution in [3.05, 3.63) is 89.5 Å². The summed E-state index contributed by atoms with van der Waals surface area (Å²) in [5, 5.41) is 15.0. The number of nitrogens with zero attached hydrogens (tertiary/aromatic N) is 1. The van der Waals surface area contributed by atoms with Crippen LogP contribution < -0.4 is 15.5 Å². The van der Waals surface area contributed by atoms with Crippen LogP contribution in [0.2, 0.25) is 0 Å². The van der Waals surface area contributed by atoms with Gasteiger partial charge in [-0.05, 0) is 73.4 Å². The standard InChI is InChI=1S/C39H45N3O8/c1-23(2)34(37(46)47)41-35(44)30(18-12-20-33(43)50-39(3,4)5)40-36(45)32-21-24-13-6-11-19-31(24)42(32)38(48)49-22-29-27-16-9-7-14-25(27)26-15-8-10-17-28(26)29/h6-11,13-17,19,23,29-30,32,34H,12,18,20-22H2,1-5H3,(H,40,45)(H,41,44)(H,46,47)/t30-,32-,34-/m0/s1. The van der Waals surface area contributed by atoms with E-state index in [0.29, 0.717) is 5.69 Å². The van der Waals surface area contributed by atoms with Crippen molar-refractivity contribution in [2.75, 3.05) is 11.5 Å². The molecule has 0 bridgehead atoms. The van der Waals surface area contributed by atoms with Gasteiger partial charge in [-0.1, -0.05) is 80.6 Å². The fourth-order valence-corrected chi connectivity index (χ4v) is 6.63. The fourth-order valence-electron chi connectivity index (χ4n) is 6.63. The van der Waals surface area contributed by atoms with E-state index in [1.54, 1.807) is 46.8 Å². The predicted octanol–water partition coefficient (Wildman–Crippen LogP) is 5.59. The number of amides is 3. The molecule has 3 aromatic rings. The van der Waals surface area contributed by atoms with E-state index in [2.05, 4.69) is 10.6 Å². The number of carbonyl (C=O) groups is 5. The quantitative estimate of drug-likeness (QED) is 0.209. The second kappa shape index (κ2) is 15.1. The van der Waals surface area contributed by atoms with Crippen molar-refractivity contribution in [1.82, 2.24) is 10.6 Å². The Balaban J connectivity index is 1.34. The van der Waals surface area contributed by atoms with Gasteiger partial charge in [0.25, 0.3) is 0 Å². The zero-order valence-corrected chi connectivity index (χ0v) is 29.1. The SMILES string of the molecule is CC(C)[C@H](NC(=O)[C@H](CCCC(=O)OC(C)(C)C)NC(=O)[C@@H]1Cc2ccccc2N1C(=O)OCC1c2ccccc2-c2ccccc21)C(=O)O. The van der Waals surface area contributed by atoms with Crippen LogP contribution in [0.15, 0.2) is 72.8 Å². The minimum absolute atomic E-state index is 0.00972. The van der Waals surface area contributed by atoms with Gasteiger partial charge in [-0.15, -0.1) is 0 Å². The molecule has 264 valence electrons. The van der Waals surface area contributed by atoms with Gasteiger partial charge in [0.05, 0.1) is 5.69 Å². The summed E-state index contributed by atoms with van der Waals surface area (Å²) in [5.41, 5.74) is 4.89. The Morgan fingerprint density at radius 3 is 2.08 bits per heavy atom. The summed E-state index contributed by atoms with van der Waals surface area (Å²) in [7, 11) is 0. The third-order valence-corrected chi connectivity index (χ3v) is 8.97. The molecule has 11 heteroatoms. The van der Waals surface area contributed by atoms with E-state index in [9.17, 15) is 29.1 Å². The topological polar surface area (TPSA) is 151 Å². The summed E-state index contributed by atoms with van der Waals surface area (Å²) in [6.07, 6.45) is -0.306. The summed E-state index contributed by atoms with van der Waals surface area (Å²) in [5.74, 6) is -3.59. The van der Waals surface area contributed by atoms with Gasteiger partial charge in [-0.2, -0.15) is 0 Å². The van der Waals surface area contributed by atoms with Crippen molar-refractivity contribution in [1.29, 1.82) is 0 Å². The van der Waals surface area contributed by atoms with Crippen molar-refractivity contribution in [2.24, 2.45) is 5.92 Å². The van der Waals surface area contributed by atoms with Gasteiger partial charge in [0.2, 0.25) is 11.8 Å². The zero-order chi connectivity index (χ0) is 36.2. The van der Waals surface area contributed by atoms with Gasteiger partial charge in [-0.25, -0.2) is 9.59 Å². The zero-order valence-electron chi connectivity index (χ0n) is 29.1. The van der Waals surface area contributed by atoms with E-state index < -0.39 is 59.5 Å². The number of benzene rings is 3. The third-order valence-electron chi connectivity index (χ3n) is 8.97. The molecule has 5 rings (SSSR count). The number of hydrogen-bond donors (Lipinski definition) is 3. The Labute approximate surface area is 292 Å². The molecule has 0 saturated carbocycles. The van der Waals surface area contributed by atoms with Crippen LogP contribution in [0.4, 0.5) is 10.5 Å². The van der Waals surface area contributed by atoms with Crippen LogP contribution >= 0.6 is 0 Å². The number of carboxylic acid groups (broad SMARTS) is 1. The van der Waals surface area contributed by atoms with Crippen LogP contribution in [0.5, 0.6) is 0 Å². The number of ether oxygens (including phenoxy) is 2. The van der Waals surface area contributed by atoms with Crippen molar-refractivity contribution in [3.8, 4) is 11.1 Å². The average molecular weight is 684 g/mol. The summed E-state index contributed by atoms with van der Waals surface area (Å²) in [6, 6.07) is 19.8. The Morgan fingerprint density at radius 1 is 0.880 bits per heavy atom. The van der Waals surface area contributed by atoms with E-state index >= 15 is 0 Å². The number of carbonyl (C=O) groups excluding carboxylic acids is 4. The van der Waals surface area contributed by atoms with Crippen LogP contribution in [0.1, 0.15) is 76.5 Å². The number of carboxylic acids is 1. The molecule has 0 aromatic heterocycles. The first-order valence-electron chi connectivity index (χ1n) is 17.0. The maximum absolute atomic E-state index is 14.0. The Morgan fingerprint density at radius 2 is 1.48 bits per heavy atom.